The summed E-state index contributed by atoms with van der Waals surface area (Å²) in [6.07, 6.45) is 3.48. The summed E-state index contributed by atoms with van der Waals surface area (Å²) in [6, 6.07) is 0.298. The minimum absolute atomic E-state index is 0.0220. The molecule has 0 bridgehead atoms. The first kappa shape index (κ1) is 15.5. The predicted octanol–water partition coefficient (Wildman–Crippen LogP) is 1.38. The fourth-order valence-electron chi connectivity index (χ4n) is 2.65. The summed E-state index contributed by atoms with van der Waals surface area (Å²) >= 11 is 0. The van der Waals surface area contributed by atoms with E-state index in [1.807, 2.05) is 17.9 Å². The highest BCUT2D eigenvalue weighted by molar-refractivity contribution is 7.91. The van der Waals surface area contributed by atoms with Crippen molar-refractivity contribution in [3.63, 3.8) is 0 Å². The molecule has 5 nitrogen and oxygen atoms in total. The number of aromatic nitrogens is 2. The summed E-state index contributed by atoms with van der Waals surface area (Å²) in [4.78, 5) is 0. The summed E-state index contributed by atoms with van der Waals surface area (Å²) in [5.74, 6) is 0.619. The lowest BCUT2D eigenvalue weighted by molar-refractivity contribution is 0.458. The number of rotatable bonds is 3. The van der Waals surface area contributed by atoms with Crippen molar-refractivity contribution in [1.29, 1.82) is 0 Å². The molecule has 0 aliphatic carbocycles. The zero-order valence-electron chi connectivity index (χ0n) is 12.8. The Kier molecular flexibility index (Phi) is 4.25. The van der Waals surface area contributed by atoms with Gasteiger partial charge < -0.3 is 5.32 Å². The molecule has 0 unspecified atom stereocenters. The van der Waals surface area contributed by atoms with E-state index in [2.05, 4.69) is 31.2 Å². The third-order valence-corrected chi connectivity index (χ3v) is 5.47. The van der Waals surface area contributed by atoms with Crippen molar-refractivity contribution in [2.75, 3.05) is 11.5 Å². The summed E-state index contributed by atoms with van der Waals surface area (Å²) in [7, 11) is -0.846. The van der Waals surface area contributed by atoms with Gasteiger partial charge in [0, 0.05) is 36.8 Å². The Labute approximate surface area is 121 Å². The van der Waals surface area contributed by atoms with E-state index in [9.17, 15) is 8.42 Å². The summed E-state index contributed by atoms with van der Waals surface area (Å²) in [6.45, 7) is 7.23. The molecule has 1 aromatic rings. The van der Waals surface area contributed by atoms with Crippen LogP contribution in [0.5, 0.6) is 0 Å². The molecule has 1 saturated heterocycles. The Morgan fingerprint density at radius 3 is 2.50 bits per heavy atom. The summed E-state index contributed by atoms with van der Waals surface area (Å²) in [5, 5.41) is 8.03. The zero-order valence-corrected chi connectivity index (χ0v) is 13.6. The molecule has 1 fully saturated rings. The number of hydrogen-bond acceptors (Lipinski definition) is 4. The molecule has 0 aromatic carbocycles. The normalized spacial score (nSPS) is 20.2. The molecule has 2 heterocycles. The van der Waals surface area contributed by atoms with Crippen molar-refractivity contribution in [2.24, 2.45) is 7.05 Å². The largest absolute Gasteiger partial charge is 0.310 e. The van der Waals surface area contributed by atoms with Crippen LogP contribution in [0, 0.1) is 0 Å². The van der Waals surface area contributed by atoms with Crippen LogP contribution in [0.4, 0.5) is 0 Å². The van der Waals surface area contributed by atoms with Gasteiger partial charge in [0.15, 0.2) is 0 Å². The zero-order chi connectivity index (χ0) is 15.0. The summed E-state index contributed by atoms with van der Waals surface area (Å²) < 4.78 is 24.7. The van der Waals surface area contributed by atoms with Gasteiger partial charge >= 0.3 is 0 Å². The minimum Gasteiger partial charge on any atom is -0.310 e. The first-order chi connectivity index (χ1) is 9.17. The second-order valence-corrected chi connectivity index (χ2v) is 9.04. The maximum absolute atomic E-state index is 11.4. The van der Waals surface area contributed by atoms with Crippen LogP contribution in [0.2, 0.25) is 0 Å². The quantitative estimate of drug-likeness (QED) is 0.916. The van der Waals surface area contributed by atoms with E-state index in [1.165, 1.54) is 5.56 Å². The van der Waals surface area contributed by atoms with Crippen LogP contribution in [0.25, 0.3) is 0 Å². The molecule has 114 valence electrons. The lowest BCUT2D eigenvalue weighted by Crippen LogP contribution is -2.37. The van der Waals surface area contributed by atoms with E-state index in [1.54, 1.807) is 0 Å². The van der Waals surface area contributed by atoms with Gasteiger partial charge in [0.25, 0.3) is 0 Å². The molecule has 1 aliphatic heterocycles. The smallest absolute Gasteiger partial charge is 0.150 e. The topological polar surface area (TPSA) is 64.0 Å². The molecule has 0 atom stereocenters. The van der Waals surface area contributed by atoms with Gasteiger partial charge in [0.2, 0.25) is 0 Å². The molecular weight excluding hydrogens is 274 g/mol. The van der Waals surface area contributed by atoms with Crippen LogP contribution in [-0.4, -0.2) is 35.7 Å². The van der Waals surface area contributed by atoms with Crippen LogP contribution >= 0.6 is 0 Å². The third kappa shape index (κ3) is 3.82. The molecule has 0 amide bonds. The number of sulfone groups is 1. The summed E-state index contributed by atoms with van der Waals surface area (Å²) in [5.41, 5.74) is 2.33. The van der Waals surface area contributed by atoms with E-state index >= 15 is 0 Å². The number of hydrogen-bond donors (Lipinski definition) is 1. The average molecular weight is 299 g/mol. The van der Waals surface area contributed by atoms with Crippen molar-refractivity contribution in [2.45, 2.75) is 51.6 Å². The van der Waals surface area contributed by atoms with Gasteiger partial charge in [-0.2, -0.15) is 5.10 Å². The van der Waals surface area contributed by atoms with Gasteiger partial charge in [-0.25, -0.2) is 8.42 Å². The first-order valence-corrected chi connectivity index (χ1v) is 8.96. The van der Waals surface area contributed by atoms with Gasteiger partial charge in [-0.15, -0.1) is 0 Å². The van der Waals surface area contributed by atoms with Crippen molar-refractivity contribution < 1.29 is 8.42 Å². The monoisotopic (exact) mass is 299 g/mol. The van der Waals surface area contributed by atoms with Crippen LogP contribution < -0.4 is 5.32 Å². The van der Waals surface area contributed by atoms with E-state index in [-0.39, 0.29) is 5.41 Å². The standard InChI is InChI=1S/C14H25N3O2S/c1-14(2,3)13-11(10-17(4)16-13)9-15-12-5-7-20(18,19)8-6-12/h10,12,15H,5-9H2,1-4H3. The van der Waals surface area contributed by atoms with Gasteiger partial charge in [0.05, 0.1) is 17.2 Å². The van der Waals surface area contributed by atoms with Crippen LogP contribution in [0.15, 0.2) is 6.20 Å². The first-order valence-electron chi connectivity index (χ1n) is 7.14. The Morgan fingerprint density at radius 2 is 1.95 bits per heavy atom. The van der Waals surface area contributed by atoms with Crippen molar-refractivity contribution in [3.05, 3.63) is 17.5 Å². The maximum Gasteiger partial charge on any atom is 0.150 e. The molecule has 20 heavy (non-hydrogen) atoms. The van der Waals surface area contributed by atoms with E-state index in [4.69, 9.17) is 0 Å². The second-order valence-electron chi connectivity index (χ2n) is 6.73. The maximum atomic E-state index is 11.4. The number of aryl methyl sites for hydroxylation is 1. The fourth-order valence-corrected chi connectivity index (χ4v) is 4.14. The van der Waals surface area contributed by atoms with Crippen molar-refractivity contribution >= 4 is 9.84 Å². The number of nitrogens with zero attached hydrogens (tertiary/aromatic N) is 2. The molecule has 0 spiro atoms. The SMILES string of the molecule is Cn1cc(CNC2CCS(=O)(=O)CC2)c(C(C)(C)C)n1. The van der Waals surface area contributed by atoms with Gasteiger partial charge in [-0.3, -0.25) is 4.68 Å². The molecule has 6 heteroatoms. The van der Waals surface area contributed by atoms with E-state index in [0.29, 0.717) is 30.4 Å². The Hall–Kier alpha value is -0.880. The van der Waals surface area contributed by atoms with E-state index < -0.39 is 9.84 Å². The molecule has 1 N–H and O–H groups in total. The molecule has 0 saturated carbocycles. The molecule has 2 rings (SSSR count). The lowest BCUT2D eigenvalue weighted by Gasteiger charge is -2.24. The van der Waals surface area contributed by atoms with Gasteiger partial charge in [0.1, 0.15) is 9.84 Å². The van der Waals surface area contributed by atoms with Crippen LogP contribution in [0.1, 0.15) is 44.9 Å². The molecular formula is C14H25N3O2S. The second kappa shape index (κ2) is 5.48. The van der Waals surface area contributed by atoms with Crippen LogP contribution in [0.3, 0.4) is 0 Å². The third-order valence-electron chi connectivity index (χ3n) is 3.75. The highest BCUT2D eigenvalue weighted by Gasteiger charge is 2.25. The molecule has 1 aromatic heterocycles. The lowest BCUT2D eigenvalue weighted by atomic mass is 9.89. The Balaban J connectivity index is 1.98. The van der Waals surface area contributed by atoms with Gasteiger partial charge in [-0.05, 0) is 12.8 Å². The van der Waals surface area contributed by atoms with Gasteiger partial charge in [-0.1, -0.05) is 20.8 Å². The van der Waals surface area contributed by atoms with Crippen LogP contribution in [-0.2, 0) is 28.8 Å². The van der Waals surface area contributed by atoms with Crippen molar-refractivity contribution in [3.8, 4) is 0 Å². The minimum atomic E-state index is -2.78. The van der Waals surface area contributed by atoms with Crippen molar-refractivity contribution in [1.82, 2.24) is 15.1 Å². The fraction of sp³-hybridized carbons (Fsp3) is 0.786. The average Bonchev–Trinajstić information content (AvgIpc) is 2.69. The molecule has 1 aliphatic rings. The number of nitrogens with one attached hydrogen (secondary N) is 1. The van der Waals surface area contributed by atoms with E-state index in [0.717, 1.165) is 12.2 Å². The Morgan fingerprint density at radius 1 is 1.35 bits per heavy atom. The highest BCUT2D eigenvalue weighted by atomic mass is 32.2. The Bertz CT molecular complexity index is 556. The highest BCUT2D eigenvalue weighted by Crippen LogP contribution is 2.24. The predicted molar refractivity (Wildman–Crippen MR) is 80.4 cm³/mol. The molecule has 0 radical (unpaired) electrons.